The van der Waals surface area contributed by atoms with E-state index in [9.17, 15) is 14.9 Å². The fraction of sp³-hybridized carbons (Fsp3) is 0.333. The van der Waals surface area contributed by atoms with E-state index in [0.29, 0.717) is 49.4 Å². The molecule has 1 aromatic carbocycles. The smallest absolute Gasteiger partial charge is 0.407 e. The molecule has 8 nitrogen and oxygen atoms in total. The number of amides is 2. The molecule has 1 aliphatic rings. The summed E-state index contributed by atoms with van der Waals surface area (Å²) in [4.78, 5) is 29.9. The van der Waals surface area contributed by atoms with Crippen LogP contribution in [0, 0.1) is 11.3 Å². The van der Waals surface area contributed by atoms with Crippen LogP contribution in [-0.4, -0.2) is 29.7 Å². The molecular weight excluding hydrogens is 476 g/mol. The van der Waals surface area contributed by atoms with Crippen molar-refractivity contribution in [2.24, 2.45) is 0 Å². The van der Waals surface area contributed by atoms with E-state index in [1.165, 1.54) is 11.3 Å². The number of alkyl carbamates (subject to hydrolysis) is 1. The Balaban J connectivity index is 1.33. The number of aryl methyl sites for hydroxylation is 1. The fourth-order valence-corrected chi connectivity index (χ4v) is 5.45. The molecule has 0 saturated heterocycles. The lowest BCUT2D eigenvalue weighted by atomic mass is 9.94. The van der Waals surface area contributed by atoms with Crippen molar-refractivity contribution in [2.45, 2.75) is 51.7 Å². The maximum atomic E-state index is 12.7. The van der Waals surface area contributed by atoms with E-state index < -0.39 is 6.09 Å². The first-order chi connectivity index (χ1) is 17.6. The SMILES string of the molecule is CCOc1ccccc1CCC(=O)Nc1sc2c(c1C#N)CCC(OC(=O)NCc1ccncc1)C2. The number of anilines is 1. The first kappa shape index (κ1) is 25.2. The highest BCUT2D eigenvalue weighted by Crippen LogP contribution is 2.38. The van der Waals surface area contributed by atoms with Gasteiger partial charge in [0.1, 0.15) is 22.9 Å². The summed E-state index contributed by atoms with van der Waals surface area (Å²) in [7, 11) is 0. The zero-order valence-electron chi connectivity index (χ0n) is 20.1. The van der Waals surface area contributed by atoms with Gasteiger partial charge in [0.05, 0.1) is 12.2 Å². The lowest BCUT2D eigenvalue weighted by Gasteiger charge is -2.22. The lowest BCUT2D eigenvalue weighted by Crippen LogP contribution is -2.31. The van der Waals surface area contributed by atoms with Gasteiger partial charge in [0.2, 0.25) is 5.91 Å². The number of para-hydroxylation sites is 1. The van der Waals surface area contributed by atoms with Gasteiger partial charge in [0.15, 0.2) is 0 Å². The third kappa shape index (κ3) is 6.40. The molecule has 2 amide bonds. The van der Waals surface area contributed by atoms with E-state index in [4.69, 9.17) is 9.47 Å². The van der Waals surface area contributed by atoms with Gasteiger partial charge in [0.25, 0.3) is 0 Å². The molecule has 1 atom stereocenters. The summed E-state index contributed by atoms with van der Waals surface area (Å²) >= 11 is 1.39. The topological polar surface area (TPSA) is 113 Å². The number of hydrogen-bond acceptors (Lipinski definition) is 7. The Labute approximate surface area is 214 Å². The number of nitrogens with one attached hydrogen (secondary N) is 2. The van der Waals surface area contributed by atoms with Gasteiger partial charge in [-0.1, -0.05) is 18.2 Å². The van der Waals surface area contributed by atoms with Crippen molar-refractivity contribution in [3.05, 3.63) is 75.9 Å². The number of rotatable bonds is 9. The quantitative estimate of drug-likeness (QED) is 0.434. The molecular formula is C27H28N4O4S. The van der Waals surface area contributed by atoms with E-state index in [0.717, 1.165) is 27.3 Å². The minimum Gasteiger partial charge on any atom is -0.494 e. The first-order valence-electron chi connectivity index (χ1n) is 12.0. The van der Waals surface area contributed by atoms with Crippen LogP contribution < -0.4 is 15.4 Å². The number of pyridine rings is 1. The Morgan fingerprint density at radius 2 is 2.03 bits per heavy atom. The Morgan fingerprint density at radius 3 is 2.81 bits per heavy atom. The van der Waals surface area contributed by atoms with E-state index in [1.54, 1.807) is 12.4 Å². The average molecular weight is 505 g/mol. The standard InChI is InChI=1S/C27H28N4O4S/c1-2-34-23-6-4-3-5-19(23)7-10-25(32)31-26-22(16-28)21-9-8-20(15-24(21)36-26)35-27(33)30-17-18-11-13-29-14-12-18/h3-6,11-14,20H,2,7-10,15,17H2,1H3,(H,30,33)(H,31,32). The number of fused-ring (bicyclic) bond motifs is 1. The van der Waals surface area contributed by atoms with E-state index in [-0.39, 0.29) is 18.4 Å². The molecule has 36 heavy (non-hydrogen) atoms. The third-order valence-corrected chi connectivity index (χ3v) is 7.11. The summed E-state index contributed by atoms with van der Waals surface area (Å²) in [6.45, 7) is 2.85. The molecule has 0 bridgehead atoms. The van der Waals surface area contributed by atoms with E-state index >= 15 is 0 Å². The molecule has 0 aliphatic heterocycles. The van der Waals surface area contributed by atoms with Gasteiger partial charge in [-0.15, -0.1) is 11.3 Å². The Bertz CT molecular complexity index is 1250. The monoisotopic (exact) mass is 504 g/mol. The second-order valence-corrected chi connectivity index (χ2v) is 9.49. The van der Waals surface area contributed by atoms with Crippen LogP contribution in [0.3, 0.4) is 0 Å². The van der Waals surface area contributed by atoms with Crippen LogP contribution in [0.1, 0.15) is 46.9 Å². The summed E-state index contributed by atoms with van der Waals surface area (Å²) in [6, 6.07) is 13.6. The molecule has 0 saturated carbocycles. The molecule has 1 unspecified atom stereocenters. The molecule has 1 aliphatic carbocycles. The van der Waals surface area contributed by atoms with Crippen LogP contribution >= 0.6 is 11.3 Å². The first-order valence-corrected chi connectivity index (χ1v) is 12.8. The van der Waals surface area contributed by atoms with Crippen LogP contribution in [0.25, 0.3) is 0 Å². The van der Waals surface area contributed by atoms with Crippen molar-refractivity contribution >= 4 is 28.3 Å². The molecule has 2 heterocycles. The number of benzene rings is 1. The van der Waals surface area contributed by atoms with Crippen molar-refractivity contribution in [1.29, 1.82) is 5.26 Å². The van der Waals surface area contributed by atoms with Gasteiger partial charge in [0, 0.05) is 36.7 Å². The van der Waals surface area contributed by atoms with Gasteiger partial charge < -0.3 is 20.1 Å². The van der Waals surface area contributed by atoms with Crippen molar-refractivity contribution in [2.75, 3.05) is 11.9 Å². The van der Waals surface area contributed by atoms with Crippen LogP contribution in [-0.2, 0) is 35.3 Å². The minimum absolute atomic E-state index is 0.153. The van der Waals surface area contributed by atoms with Crippen molar-refractivity contribution in [3.63, 3.8) is 0 Å². The predicted octanol–water partition coefficient (Wildman–Crippen LogP) is 4.77. The normalized spacial score (nSPS) is 14.3. The van der Waals surface area contributed by atoms with Gasteiger partial charge >= 0.3 is 6.09 Å². The maximum Gasteiger partial charge on any atom is 0.407 e. The zero-order valence-corrected chi connectivity index (χ0v) is 20.9. The van der Waals surface area contributed by atoms with Crippen LogP contribution in [0.15, 0.2) is 48.8 Å². The summed E-state index contributed by atoms with van der Waals surface area (Å²) in [5.74, 6) is 0.632. The number of nitrogens with zero attached hydrogens (tertiary/aromatic N) is 2. The summed E-state index contributed by atoms with van der Waals surface area (Å²) in [6.07, 6.45) is 5.18. The molecule has 186 valence electrons. The predicted molar refractivity (Wildman–Crippen MR) is 137 cm³/mol. The highest BCUT2D eigenvalue weighted by atomic mass is 32.1. The number of ether oxygens (including phenoxy) is 2. The maximum absolute atomic E-state index is 12.7. The highest BCUT2D eigenvalue weighted by Gasteiger charge is 2.28. The van der Waals surface area contributed by atoms with E-state index in [2.05, 4.69) is 21.7 Å². The molecule has 2 N–H and O–H groups in total. The second kappa shape index (κ2) is 12.2. The number of nitriles is 1. The zero-order chi connectivity index (χ0) is 25.3. The fourth-order valence-electron chi connectivity index (χ4n) is 4.17. The van der Waals surface area contributed by atoms with Crippen molar-refractivity contribution < 1.29 is 19.1 Å². The lowest BCUT2D eigenvalue weighted by molar-refractivity contribution is -0.116. The van der Waals surface area contributed by atoms with Crippen LogP contribution in [0.5, 0.6) is 5.75 Å². The molecule has 3 aromatic rings. The Kier molecular flexibility index (Phi) is 8.53. The van der Waals surface area contributed by atoms with Crippen LogP contribution in [0.2, 0.25) is 0 Å². The van der Waals surface area contributed by atoms with E-state index in [1.807, 2.05) is 43.3 Å². The summed E-state index contributed by atoms with van der Waals surface area (Å²) in [5.41, 5.74) is 3.37. The van der Waals surface area contributed by atoms with Crippen molar-refractivity contribution in [3.8, 4) is 11.8 Å². The number of aromatic nitrogens is 1. The average Bonchev–Trinajstić information content (AvgIpc) is 3.23. The van der Waals surface area contributed by atoms with Gasteiger partial charge in [-0.2, -0.15) is 5.26 Å². The molecule has 0 spiro atoms. The summed E-state index contributed by atoms with van der Waals surface area (Å²) < 4.78 is 11.3. The van der Waals surface area contributed by atoms with Crippen LogP contribution in [0.4, 0.5) is 9.80 Å². The summed E-state index contributed by atoms with van der Waals surface area (Å²) in [5, 5.41) is 16.0. The molecule has 4 rings (SSSR count). The Morgan fingerprint density at radius 1 is 1.22 bits per heavy atom. The molecule has 0 fully saturated rings. The Hall–Kier alpha value is -3.90. The van der Waals surface area contributed by atoms with Crippen molar-refractivity contribution in [1.82, 2.24) is 10.3 Å². The highest BCUT2D eigenvalue weighted by molar-refractivity contribution is 7.16. The minimum atomic E-state index is -0.474. The molecule has 0 radical (unpaired) electrons. The number of thiophene rings is 1. The van der Waals surface area contributed by atoms with Gasteiger partial charge in [-0.05, 0) is 61.1 Å². The van der Waals surface area contributed by atoms with Gasteiger partial charge in [-0.25, -0.2) is 4.79 Å². The van der Waals surface area contributed by atoms with Gasteiger partial charge in [-0.3, -0.25) is 9.78 Å². The third-order valence-electron chi connectivity index (χ3n) is 5.94. The number of carbonyl (C=O) groups excluding carboxylic acids is 2. The molecule has 9 heteroatoms. The number of carbonyl (C=O) groups is 2. The molecule has 2 aromatic heterocycles. The number of hydrogen-bond donors (Lipinski definition) is 2. The second-order valence-electron chi connectivity index (χ2n) is 8.39. The largest absolute Gasteiger partial charge is 0.494 e.